The van der Waals surface area contributed by atoms with Crippen LogP contribution in [0.1, 0.15) is 36.6 Å². The number of benzene rings is 2. The Kier molecular flexibility index (Phi) is 3.36. The molecule has 1 heterocycles. The van der Waals surface area contributed by atoms with Crippen molar-refractivity contribution in [2.45, 2.75) is 32.0 Å². The summed E-state index contributed by atoms with van der Waals surface area (Å²) in [6.45, 7) is 6.06. The second-order valence-corrected chi connectivity index (χ2v) is 6.41. The monoisotopic (exact) mass is 266 g/mol. The van der Waals surface area contributed by atoms with Crippen molar-refractivity contribution in [1.29, 1.82) is 0 Å². The fourth-order valence-electron chi connectivity index (χ4n) is 3.15. The summed E-state index contributed by atoms with van der Waals surface area (Å²) in [7, 11) is 0. The van der Waals surface area contributed by atoms with E-state index in [0.717, 1.165) is 13.1 Å². The Labute approximate surface area is 121 Å². The van der Waals surface area contributed by atoms with Gasteiger partial charge in [0, 0.05) is 18.6 Å². The highest BCUT2D eigenvalue weighted by molar-refractivity contribution is 5.41. The topological polar surface area (TPSA) is 29.3 Å². The summed E-state index contributed by atoms with van der Waals surface area (Å²) in [6, 6.07) is 19.8. The third kappa shape index (κ3) is 2.62. The van der Waals surface area contributed by atoms with Gasteiger partial charge in [-0.05, 0) is 30.5 Å². The molecular formula is C18H22N2. The maximum Gasteiger partial charge on any atom is 0.0608 e. The van der Waals surface area contributed by atoms with Crippen molar-refractivity contribution in [3.05, 3.63) is 71.3 Å². The van der Waals surface area contributed by atoms with E-state index >= 15 is 0 Å². The smallest absolute Gasteiger partial charge is 0.0608 e. The standard InChI is InChI=1S/C18H22N2/c1-18(2,19)13-20-12-15-10-6-7-11-16(15)17(20)14-8-4-3-5-9-14/h3-11,17H,12-13,19H2,1-2H3. The Morgan fingerprint density at radius 3 is 2.40 bits per heavy atom. The molecule has 0 aliphatic carbocycles. The molecule has 2 aromatic carbocycles. The second kappa shape index (κ2) is 5.04. The largest absolute Gasteiger partial charge is 0.324 e. The van der Waals surface area contributed by atoms with E-state index in [1.54, 1.807) is 0 Å². The van der Waals surface area contributed by atoms with Crippen molar-refractivity contribution < 1.29 is 0 Å². The van der Waals surface area contributed by atoms with Gasteiger partial charge in [0.2, 0.25) is 0 Å². The molecule has 0 fully saturated rings. The Morgan fingerprint density at radius 1 is 1.05 bits per heavy atom. The van der Waals surface area contributed by atoms with Gasteiger partial charge in [0.05, 0.1) is 6.04 Å². The number of fused-ring (bicyclic) bond motifs is 1. The summed E-state index contributed by atoms with van der Waals surface area (Å²) < 4.78 is 0. The van der Waals surface area contributed by atoms with E-state index in [2.05, 4.69) is 73.3 Å². The van der Waals surface area contributed by atoms with Crippen molar-refractivity contribution in [3.63, 3.8) is 0 Å². The van der Waals surface area contributed by atoms with Crippen LogP contribution in [-0.2, 0) is 6.54 Å². The lowest BCUT2D eigenvalue weighted by Crippen LogP contribution is -2.44. The first-order valence-corrected chi connectivity index (χ1v) is 7.20. The van der Waals surface area contributed by atoms with Gasteiger partial charge in [-0.3, -0.25) is 4.90 Å². The third-order valence-corrected chi connectivity index (χ3v) is 3.81. The quantitative estimate of drug-likeness (QED) is 0.923. The molecule has 0 radical (unpaired) electrons. The van der Waals surface area contributed by atoms with Gasteiger partial charge >= 0.3 is 0 Å². The number of hydrogen-bond acceptors (Lipinski definition) is 2. The predicted molar refractivity (Wildman–Crippen MR) is 83.4 cm³/mol. The summed E-state index contributed by atoms with van der Waals surface area (Å²) in [6.07, 6.45) is 0. The minimum atomic E-state index is -0.185. The van der Waals surface area contributed by atoms with Crippen LogP contribution in [0, 0.1) is 0 Å². The minimum absolute atomic E-state index is 0.185. The lowest BCUT2D eigenvalue weighted by Gasteiger charge is -2.31. The zero-order chi connectivity index (χ0) is 14.2. The van der Waals surface area contributed by atoms with Gasteiger partial charge in [0.25, 0.3) is 0 Å². The molecule has 1 aliphatic rings. The van der Waals surface area contributed by atoms with Gasteiger partial charge < -0.3 is 5.73 Å². The van der Waals surface area contributed by atoms with Gasteiger partial charge in [-0.2, -0.15) is 0 Å². The third-order valence-electron chi connectivity index (χ3n) is 3.81. The number of nitrogens with two attached hydrogens (primary N) is 1. The average Bonchev–Trinajstić information content (AvgIpc) is 2.75. The maximum absolute atomic E-state index is 6.25. The molecule has 2 aromatic rings. The highest BCUT2D eigenvalue weighted by Crippen LogP contribution is 2.38. The fraction of sp³-hybridized carbons (Fsp3) is 0.333. The van der Waals surface area contributed by atoms with Crippen LogP contribution in [0.2, 0.25) is 0 Å². The van der Waals surface area contributed by atoms with Crippen molar-refractivity contribution in [2.75, 3.05) is 6.54 Å². The minimum Gasteiger partial charge on any atom is -0.324 e. The average molecular weight is 266 g/mol. The second-order valence-electron chi connectivity index (χ2n) is 6.41. The van der Waals surface area contributed by atoms with Gasteiger partial charge in [-0.25, -0.2) is 0 Å². The molecule has 1 unspecified atom stereocenters. The summed E-state index contributed by atoms with van der Waals surface area (Å²) in [5.41, 5.74) is 10.3. The van der Waals surface area contributed by atoms with Crippen molar-refractivity contribution in [1.82, 2.24) is 4.90 Å². The summed E-state index contributed by atoms with van der Waals surface area (Å²) in [4.78, 5) is 2.49. The molecule has 0 amide bonds. The van der Waals surface area contributed by atoms with E-state index in [9.17, 15) is 0 Å². The molecule has 0 saturated heterocycles. The molecule has 2 heteroatoms. The zero-order valence-electron chi connectivity index (χ0n) is 12.2. The predicted octanol–water partition coefficient (Wildman–Crippen LogP) is 3.33. The van der Waals surface area contributed by atoms with Crippen LogP contribution in [0.5, 0.6) is 0 Å². The van der Waals surface area contributed by atoms with E-state index in [-0.39, 0.29) is 5.54 Å². The molecule has 104 valence electrons. The Bertz CT molecular complexity index is 584. The molecule has 2 nitrogen and oxygen atoms in total. The number of hydrogen-bond donors (Lipinski definition) is 1. The van der Waals surface area contributed by atoms with Crippen LogP contribution in [0.25, 0.3) is 0 Å². The van der Waals surface area contributed by atoms with Crippen LogP contribution in [0.3, 0.4) is 0 Å². The van der Waals surface area contributed by atoms with E-state index in [1.807, 2.05) is 0 Å². The highest BCUT2D eigenvalue weighted by Gasteiger charge is 2.33. The molecular weight excluding hydrogens is 244 g/mol. The van der Waals surface area contributed by atoms with E-state index in [0.29, 0.717) is 6.04 Å². The maximum atomic E-state index is 6.25. The zero-order valence-corrected chi connectivity index (χ0v) is 12.2. The summed E-state index contributed by atoms with van der Waals surface area (Å²) in [5, 5.41) is 0. The van der Waals surface area contributed by atoms with Crippen LogP contribution in [0.4, 0.5) is 0 Å². The van der Waals surface area contributed by atoms with Crippen molar-refractivity contribution >= 4 is 0 Å². The molecule has 2 N–H and O–H groups in total. The van der Waals surface area contributed by atoms with Crippen LogP contribution < -0.4 is 5.73 Å². The molecule has 0 spiro atoms. The van der Waals surface area contributed by atoms with E-state index < -0.39 is 0 Å². The van der Waals surface area contributed by atoms with E-state index in [4.69, 9.17) is 5.73 Å². The molecule has 1 atom stereocenters. The highest BCUT2D eigenvalue weighted by atomic mass is 15.2. The lowest BCUT2D eigenvalue weighted by molar-refractivity contribution is 0.200. The lowest BCUT2D eigenvalue weighted by atomic mass is 9.97. The Morgan fingerprint density at radius 2 is 1.70 bits per heavy atom. The van der Waals surface area contributed by atoms with Crippen LogP contribution in [0.15, 0.2) is 54.6 Å². The van der Waals surface area contributed by atoms with Crippen LogP contribution in [-0.4, -0.2) is 17.0 Å². The van der Waals surface area contributed by atoms with Crippen molar-refractivity contribution in [3.8, 4) is 0 Å². The fourth-order valence-corrected chi connectivity index (χ4v) is 3.15. The van der Waals surface area contributed by atoms with Crippen LogP contribution >= 0.6 is 0 Å². The molecule has 1 aliphatic heterocycles. The molecule has 20 heavy (non-hydrogen) atoms. The Balaban J connectivity index is 2.01. The first kappa shape index (κ1) is 13.3. The van der Waals surface area contributed by atoms with Gasteiger partial charge in [-0.1, -0.05) is 54.6 Å². The normalized spacial score (nSPS) is 19.1. The summed E-state index contributed by atoms with van der Waals surface area (Å²) in [5.74, 6) is 0. The molecule has 3 rings (SSSR count). The number of rotatable bonds is 3. The van der Waals surface area contributed by atoms with Gasteiger partial charge in [0.1, 0.15) is 0 Å². The molecule has 0 bridgehead atoms. The van der Waals surface area contributed by atoms with Crippen molar-refractivity contribution in [2.24, 2.45) is 5.73 Å². The van der Waals surface area contributed by atoms with Gasteiger partial charge in [-0.15, -0.1) is 0 Å². The summed E-state index contributed by atoms with van der Waals surface area (Å²) >= 11 is 0. The molecule has 0 saturated carbocycles. The SMILES string of the molecule is CC(C)(N)CN1Cc2ccccc2C1c1ccccc1. The molecule has 0 aromatic heterocycles. The van der Waals surface area contributed by atoms with E-state index in [1.165, 1.54) is 16.7 Å². The number of nitrogens with zero attached hydrogens (tertiary/aromatic N) is 1. The van der Waals surface area contributed by atoms with Gasteiger partial charge in [0.15, 0.2) is 0 Å². The Hall–Kier alpha value is -1.64. The first-order chi connectivity index (χ1) is 9.54. The first-order valence-electron chi connectivity index (χ1n) is 7.20.